The lowest BCUT2D eigenvalue weighted by atomic mass is 10.2. The molecular formula is C8H7O2. The van der Waals surface area contributed by atoms with Gasteiger partial charge in [-0.3, -0.25) is 4.79 Å². The van der Waals surface area contributed by atoms with Crippen LogP contribution >= 0.6 is 0 Å². The molecule has 0 aliphatic heterocycles. The number of methoxy groups -OCH3 is 1. The van der Waals surface area contributed by atoms with Gasteiger partial charge in [-0.15, -0.1) is 0 Å². The van der Waals surface area contributed by atoms with Crippen molar-refractivity contribution in [2.24, 2.45) is 0 Å². The second-order valence-corrected chi connectivity index (χ2v) is 1.78. The average Bonchev–Trinajstić information content (AvgIpc) is 2.04. The van der Waals surface area contributed by atoms with Gasteiger partial charge in [0.2, 0.25) is 0 Å². The number of carbonyl (C=O) groups excluding carboxylic acids is 1. The Morgan fingerprint density at radius 2 is 2.50 bits per heavy atom. The molecule has 0 unspecified atom stereocenters. The summed E-state index contributed by atoms with van der Waals surface area (Å²) in [6.07, 6.45) is 0.745. The SMILES string of the molecule is COc1[c]cccc1C=O. The molecule has 2 heteroatoms. The standard InChI is InChI=1S/C8H7O2/c1-10-8-5-3-2-4-7(8)6-9/h2-4,6H,1H3. The van der Waals surface area contributed by atoms with E-state index in [0.29, 0.717) is 11.3 Å². The van der Waals surface area contributed by atoms with Gasteiger partial charge in [0.1, 0.15) is 5.75 Å². The van der Waals surface area contributed by atoms with Gasteiger partial charge < -0.3 is 4.74 Å². The third-order valence-electron chi connectivity index (χ3n) is 1.18. The molecule has 51 valence electrons. The molecule has 1 aromatic rings. The van der Waals surface area contributed by atoms with Crippen molar-refractivity contribution in [1.82, 2.24) is 0 Å². The van der Waals surface area contributed by atoms with E-state index in [1.807, 2.05) is 0 Å². The Kier molecular flexibility index (Phi) is 2.05. The highest BCUT2D eigenvalue weighted by molar-refractivity contribution is 5.78. The molecule has 0 saturated heterocycles. The lowest BCUT2D eigenvalue weighted by Gasteiger charge is -1.99. The Balaban J connectivity index is 3.08. The van der Waals surface area contributed by atoms with Crippen molar-refractivity contribution in [2.75, 3.05) is 7.11 Å². The van der Waals surface area contributed by atoms with Crippen LogP contribution in [0.25, 0.3) is 0 Å². The second-order valence-electron chi connectivity index (χ2n) is 1.78. The second kappa shape index (κ2) is 3.01. The van der Waals surface area contributed by atoms with Crippen molar-refractivity contribution in [3.63, 3.8) is 0 Å². The molecule has 0 spiro atoms. The predicted molar refractivity (Wildman–Crippen MR) is 37.2 cm³/mol. The van der Waals surface area contributed by atoms with Crippen molar-refractivity contribution in [3.05, 3.63) is 29.8 Å². The van der Waals surface area contributed by atoms with Crippen LogP contribution < -0.4 is 4.74 Å². The minimum atomic E-state index is 0.498. The molecule has 2 nitrogen and oxygen atoms in total. The lowest BCUT2D eigenvalue weighted by molar-refractivity contribution is 0.112. The number of hydrogen-bond donors (Lipinski definition) is 0. The van der Waals surface area contributed by atoms with Crippen molar-refractivity contribution in [2.45, 2.75) is 0 Å². The van der Waals surface area contributed by atoms with E-state index < -0.39 is 0 Å². The zero-order chi connectivity index (χ0) is 7.40. The number of benzene rings is 1. The molecule has 0 bridgehead atoms. The van der Waals surface area contributed by atoms with Crippen LogP contribution in [0.2, 0.25) is 0 Å². The highest BCUT2D eigenvalue weighted by Gasteiger charge is 1.97. The average molecular weight is 135 g/mol. The number of rotatable bonds is 2. The lowest BCUT2D eigenvalue weighted by Crippen LogP contribution is -1.88. The number of carbonyl (C=O) groups is 1. The Morgan fingerprint density at radius 1 is 1.70 bits per heavy atom. The minimum absolute atomic E-state index is 0.498. The Bertz CT molecular complexity index is 230. The molecule has 0 N–H and O–H groups in total. The molecule has 0 fully saturated rings. The summed E-state index contributed by atoms with van der Waals surface area (Å²) in [5.74, 6) is 0.498. The van der Waals surface area contributed by atoms with Crippen LogP contribution in [0.3, 0.4) is 0 Å². The third-order valence-corrected chi connectivity index (χ3v) is 1.18. The van der Waals surface area contributed by atoms with Crippen molar-refractivity contribution >= 4 is 6.29 Å². The largest absolute Gasteiger partial charge is 0.495 e. The van der Waals surface area contributed by atoms with E-state index in [9.17, 15) is 4.79 Å². The summed E-state index contributed by atoms with van der Waals surface area (Å²) in [7, 11) is 1.51. The van der Waals surface area contributed by atoms with Gasteiger partial charge in [-0.1, -0.05) is 12.1 Å². The molecule has 0 aliphatic rings. The first-order valence-corrected chi connectivity index (χ1v) is 2.88. The summed E-state index contributed by atoms with van der Waals surface area (Å²) in [5.41, 5.74) is 0.532. The maximum absolute atomic E-state index is 10.3. The number of ether oxygens (including phenoxy) is 1. The Labute approximate surface area is 59.4 Å². The minimum Gasteiger partial charge on any atom is -0.495 e. The molecule has 1 radical (unpaired) electrons. The normalized spacial score (nSPS) is 8.90. The van der Waals surface area contributed by atoms with Crippen molar-refractivity contribution in [1.29, 1.82) is 0 Å². The summed E-state index contributed by atoms with van der Waals surface area (Å²) < 4.78 is 4.85. The number of hydrogen-bond acceptors (Lipinski definition) is 2. The van der Waals surface area contributed by atoms with E-state index in [1.54, 1.807) is 18.2 Å². The summed E-state index contributed by atoms with van der Waals surface area (Å²) in [6, 6.07) is 7.91. The summed E-state index contributed by atoms with van der Waals surface area (Å²) in [5, 5.41) is 0. The van der Waals surface area contributed by atoms with E-state index in [0.717, 1.165) is 6.29 Å². The van der Waals surface area contributed by atoms with Gasteiger partial charge in [-0.2, -0.15) is 0 Å². The summed E-state index contributed by atoms with van der Waals surface area (Å²) in [4.78, 5) is 10.3. The molecule has 1 rings (SSSR count). The van der Waals surface area contributed by atoms with E-state index in [1.165, 1.54) is 7.11 Å². The molecule has 1 aromatic carbocycles. The highest BCUT2D eigenvalue weighted by Crippen LogP contribution is 2.12. The zero-order valence-corrected chi connectivity index (χ0v) is 5.63. The fraction of sp³-hybridized carbons (Fsp3) is 0.125. The summed E-state index contributed by atoms with van der Waals surface area (Å²) in [6.45, 7) is 0. The van der Waals surface area contributed by atoms with E-state index >= 15 is 0 Å². The molecule has 0 saturated carbocycles. The van der Waals surface area contributed by atoms with Gasteiger partial charge in [-0.25, -0.2) is 0 Å². The zero-order valence-electron chi connectivity index (χ0n) is 5.63. The van der Waals surface area contributed by atoms with Gasteiger partial charge in [0.15, 0.2) is 6.29 Å². The molecule has 10 heavy (non-hydrogen) atoms. The van der Waals surface area contributed by atoms with Gasteiger partial charge in [0.25, 0.3) is 0 Å². The first kappa shape index (κ1) is 6.81. The van der Waals surface area contributed by atoms with Gasteiger partial charge in [0, 0.05) is 6.07 Å². The third kappa shape index (κ3) is 1.16. The summed E-state index contributed by atoms with van der Waals surface area (Å²) >= 11 is 0. The van der Waals surface area contributed by atoms with Crippen LogP contribution in [-0.4, -0.2) is 13.4 Å². The van der Waals surface area contributed by atoms with E-state index in [2.05, 4.69) is 6.07 Å². The van der Waals surface area contributed by atoms with Crippen LogP contribution in [0.4, 0.5) is 0 Å². The highest BCUT2D eigenvalue weighted by atomic mass is 16.5. The fourth-order valence-corrected chi connectivity index (χ4v) is 0.704. The van der Waals surface area contributed by atoms with Crippen molar-refractivity contribution in [3.8, 4) is 5.75 Å². The predicted octanol–water partition coefficient (Wildman–Crippen LogP) is 1.31. The molecule has 0 aromatic heterocycles. The van der Waals surface area contributed by atoms with Crippen LogP contribution in [0.15, 0.2) is 18.2 Å². The van der Waals surface area contributed by atoms with Crippen LogP contribution in [0.1, 0.15) is 10.4 Å². The number of aldehydes is 1. The fourth-order valence-electron chi connectivity index (χ4n) is 0.704. The maximum atomic E-state index is 10.3. The molecular weight excluding hydrogens is 128 g/mol. The molecule has 0 atom stereocenters. The molecule has 0 heterocycles. The Hall–Kier alpha value is -1.31. The number of para-hydroxylation sites is 1. The maximum Gasteiger partial charge on any atom is 0.153 e. The van der Waals surface area contributed by atoms with E-state index in [4.69, 9.17) is 4.74 Å². The van der Waals surface area contributed by atoms with Crippen LogP contribution in [0, 0.1) is 6.07 Å². The van der Waals surface area contributed by atoms with Crippen LogP contribution in [-0.2, 0) is 0 Å². The monoisotopic (exact) mass is 135 g/mol. The Morgan fingerprint density at radius 3 is 3.00 bits per heavy atom. The topological polar surface area (TPSA) is 26.3 Å². The molecule has 0 amide bonds. The van der Waals surface area contributed by atoms with E-state index in [-0.39, 0.29) is 0 Å². The van der Waals surface area contributed by atoms with Gasteiger partial charge >= 0.3 is 0 Å². The van der Waals surface area contributed by atoms with Gasteiger partial charge in [-0.05, 0) is 6.07 Å². The first-order valence-electron chi connectivity index (χ1n) is 2.88. The van der Waals surface area contributed by atoms with Crippen molar-refractivity contribution < 1.29 is 9.53 Å². The quantitative estimate of drug-likeness (QED) is 0.571. The first-order chi connectivity index (χ1) is 4.88. The molecule has 0 aliphatic carbocycles. The smallest absolute Gasteiger partial charge is 0.153 e. The van der Waals surface area contributed by atoms with Crippen LogP contribution in [0.5, 0.6) is 5.75 Å². The van der Waals surface area contributed by atoms with Gasteiger partial charge in [0.05, 0.1) is 12.7 Å².